The van der Waals surface area contributed by atoms with Gasteiger partial charge >= 0.3 is 5.97 Å². The van der Waals surface area contributed by atoms with E-state index < -0.39 is 24.3 Å². The van der Waals surface area contributed by atoms with Crippen molar-refractivity contribution in [3.05, 3.63) is 71.4 Å². The molecule has 0 fully saturated rings. The molecule has 2 heterocycles. The van der Waals surface area contributed by atoms with Gasteiger partial charge in [0.05, 0.1) is 17.7 Å². The van der Waals surface area contributed by atoms with E-state index in [1.807, 2.05) is 55.5 Å². The fourth-order valence-electron chi connectivity index (χ4n) is 4.82. The Labute approximate surface area is 197 Å². The summed E-state index contributed by atoms with van der Waals surface area (Å²) < 4.78 is 25.5. The number of ether oxygens (including phenoxy) is 2. The molecular weight excluding hydrogens is 433 g/mol. The summed E-state index contributed by atoms with van der Waals surface area (Å²) in [6.45, 7) is 4.78. The molecule has 174 valence electrons. The Morgan fingerprint density at radius 2 is 2.03 bits per heavy atom. The number of fused-ring (bicyclic) bond motifs is 1. The Bertz CT molecular complexity index is 1420. The fourth-order valence-corrected chi connectivity index (χ4v) is 4.82. The largest absolute Gasteiger partial charge is 0.493 e. The molecule has 5 nitrogen and oxygen atoms in total. The summed E-state index contributed by atoms with van der Waals surface area (Å²) in [5.74, 6) is -0.392. The van der Waals surface area contributed by atoms with Crippen LogP contribution in [-0.2, 0) is 16.0 Å². The average Bonchev–Trinajstić information content (AvgIpc) is 2.83. The predicted octanol–water partition coefficient (Wildman–Crippen LogP) is 6.19. The number of carboxylic acids is 1. The van der Waals surface area contributed by atoms with Gasteiger partial charge in [-0.05, 0) is 66.4 Å². The van der Waals surface area contributed by atoms with Crippen LogP contribution in [0.3, 0.4) is 0 Å². The van der Waals surface area contributed by atoms with Gasteiger partial charge in [0.1, 0.15) is 12.4 Å². The monoisotopic (exact) mass is 459 g/mol. The zero-order valence-corrected chi connectivity index (χ0v) is 19.4. The van der Waals surface area contributed by atoms with Gasteiger partial charge in [-0.1, -0.05) is 30.3 Å². The van der Waals surface area contributed by atoms with Gasteiger partial charge in [0.15, 0.2) is 6.10 Å². The molecule has 5 rings (SSSR count). The highest BCUT2D eigenvalue weighted by atomic mass is 19.1. The molecule has 0 saturated carbocycles. The molecule has 34 heavy (non-hydrogen) atoms. The maximum absolute atomic E-state index is 13.7. The Kier molecular flexibility index (Phi) is 5.48. The Balaban J connectivity index is 1.88. The van der Waals surface area contributed by atoms with E-state index in [-0.39, 0.29) is 0 Å². The van der Waals surface area contributed by atoms with Crippen molar-refractivity contribution in [1.82, 2.24) is 4.98 Å². The number of aromatic nitrogens is 1. The number of carboxylic acid groups (broad SMARTS) is 1. The van der Waals surface area contributed by atoms with Crippen molar-refractivity contribution >= 4 is 27.6 Å². The van der Waals surface area contributed by atoms with Crippen molar-refractivity contribution < 1.29 is 23.8 Å². The molecule has 6 heteroatoms. The standard InChI is InChI=1S/C28H26FNO4/c1-16-14-18-6-4-5-7-19(18)24(22(16)26(27(31)32)34-28(2,3)15-29)20-8-9-21-23-17(11-13-33-21)10-12-30-25(20)23/h4-10,12,14,26H,11,13,15H2,1-3H3,(H,31,32). The van der Waals surface area contributed by atoms with Crippen LogP contribution in [0, 0.1) is 6.92 Å². The summed E-state index contributed by atoms with van der Waals surface area (Å²) in [6.07, 6.45) is 1.21. The third kappa shape index (κ3) is 3.68. The highest BCUT2D eigenvalue weighted by Gasteiger charge is 2.34. The maximum atomic E-state index is 13.7. The molecule has 0 radical (unpaired) electrons. The number of hydrogen-bond acceptors (Lipinski definition) is 4. The maximum Gasteiger partial charge on any atom is 0.337 e. The van der Waals surface area contributed by atoms with E-state index in [2.05, 4.69) is 0 Å². The van der Waals surface area contributed by atoms with E-state index in [0.717, 1.165) is 56.1 Å². The topological polar surface area (TPSA) is 68.7 Å². The molecule has 0 spiro atoms. The third-order valence-electron chi connectivity index (χ3n) is 6.38. The molecule has 1 unspecified atom stereocenters. The first kappa shape index (κ1) is 22.3. The lowest BCUT2D eigenvalue weighted by molar-refractivity contribution is -0.163. The van der Waals surface area contributed by atoms with Gasteiger partial charge in [-0.25, -0.2) is 9.18 Å². The molecule has 3 aromatic carbocycles. The molecule has 0 amide bonds. The average molecular weight is 460 g/mol. The number of benzene rings is 3. The highest BCUT2D eigenvalue weighted by molar-refractivity contribution is 6.08. The summed E-state index contributed by atoms with van der Waals surface area (Å²) in [6, 6.07) is 15.7. The Morgan fingerprint density at radius 3 is 2.79 bits per heavy atom. The normalized spacial score (nSPS) is 14.2. The van der Waals surface area contributed by atoms with Crippen molar-refractivity contribution in [2.45, 2.75) is 38.9 Å². The first-order valence-electron chi connectivity index (χ1n) is 11.3. The summed E-state index contributed by atoms with van der Waals surface area (Å²) in [5.41, 5.74) is 3.44. The molecule has 1 aliphatic rings. The smallest absolute Gasteiger partial charge is 0.337 e. The summed E-state index contributed by atoms with van der Waals surface area (Å²) in [4.78, 5) is 17.2. The van der Waals surface area contributed by atoms with Crippen molar-refractivity contribution in [2.24, 2.45) is 0 Å². The number of carbonyl (C=O) groups is 1. The second-order valence-corrected chi connectivity index (χ2v) is 9.34. The van der Waals surface area contributed by atoms with Gasteiger partial charge in [0, 0.05) is 29.1 Å². The van der Waals surface area contributed by atoms with Crippen LogP contribution in [0.1, 0.15) is 36.6 Å². The fraction of sp³-hybridized carbons (Fsp3) is 0.286. The predicted molar refractivity (Wildman–Crippen MR) is 130 cm³/mol. The summed E-state index contributed by atoms with van der Waals surface area (Å²) in [5, 5.41) is 13.0. The number of aliphatic carboxylic acids is 1. The second kappa shape index (κ2) is 8.37. The van der Waals surface area contributed by atoms with Crippen LogP contribution in [0.5, 0.6) is 5.75 Å². The summed E-state index contributed by atoms with van der Waals surface area (Å²) >= 11 is 0. The van der Waals surface area contributed by atoms with Crippen LogP contribution < -0.4 is 4.74 Å². The van der Waals surface area contributed by atoms with Gasteiger partial charge in [-0.2, -0.15) is 0 Å². The van der Waals surface area contributed by atoms with E-state index in [4.69, 9.17) is 14.5 Å². The van der Waals surface area contributed by atoms with Crippen molar-refractivity contribution in [3.8, 4) is 16.9 Å². The second-order valence-electron chi connectivity index (χ2n) is 9.34. The molecule has 1 atom stereocenters. The van der Waals surface area contributed by atoms with E-state index in [9.17, 15) is 14.3 Å². The van der Waals surface area contributed by atoms with Crippen LogP contribution in [0.15, 0.2) is 54.7 Å². The number of rotatable bonds is 6. The van der Waals surface area contributed by atoms with Gasteiger partial charge in [0.2, 0.25) is 0 Å². The van der Waals surface area contributed by atoms with Crippen molar-refractivity contribution in [3.63, 3.8) is 0 Å². The van der Waals surface area contributed by atoms with Crippen molar-refractivity contribution in [2.75, 3.05) is 13.3 Å². The summed E-state index contributed by atoms with van der Waals surface area (Å²) in [7, 11) is 0. The molecule has 1 N–H and O–H groups in total. The Morgan fingerprint density at radius 1 is 1.24 bits per heavy atom. The SMILES string of the molecule is Cc1cc2ccccc2c(-c2ccc3c4c(ccnc24)CCO3)c1C(OC(C)(C)CF)C(=O)O. The van der Waals surface area contributed by atoms with Crippen LogP contribution in [0.2, 0.25) is 0 Å². The molecule has 0 saturated heterocycles. The first-order valence-corrected chi connectivity index (χ1v) is 11.3. The number of aryl methyl sites for hydroxylation is 1. The van der Waals surface area contributed by atoms with Crippen LogP contribution in [0.4, 0.5) is 4.39 Å². The van der Waals surface area contributed by atoms with E-state index in [0.29, 0.717) is 12.2 Å². The van der Waals surface area contributed by atoms with E-state index >= 15 is 0 Å². The minimum Gasteiger partial charge on any atom is -0.493 e. The molecule has 0 aliphatic carbocycles. The number of hydrogen-bond donors (Lipinski definition) is 1. The molecule has 1 aliphatic heterocycles. The van der Waals surface area contributed by atoms with E-state index in [1.165, 1.54) is 0 Å². The lowest BCUT2D eigenvalue weighted by Crippen LogP contribution is -2.33. The molecule has 4 aromatic rings. The molecule has 0 bridgehead atoms. The first-order chi connectivity index (χ1) is 16.3. The Hall–Kier alpha value is -3.51. The third-order valence-corrected chi connectivity index (χ3v) is 6.38. The van der Waals surface area contributed by atoms with Gasteiger partial charge < -0.3 is 14.6 Å². The molecule has 1 aromatic heterocycles. The zero-order valence-electron chi connectivity index (χ0n) is 19.4. The molecular formula is C28H26FNO4. The minimum absolute atomic E-state index is 0.506. The number of halogens is 1. The quantitative estimate of drug-likeness (QED) is 0.372. The van der Waals surface area contributed by atoms with E-state index in [1.54, 1.807) is 20.0 Å². The minimum atomic E-state index is -1.35. The van der Waals surface area contributed by atoms with Gasteiger partial charge in [0.25, 0.3) is 0 Å². The number of pyridine rings is 1. The van der Waals surface area contributed by atoms with Crippen molar-refractivity contribution in [1.29, 1.82) is 0 Å². The van der Waals surface area contributed by atoms with Crippen LogP contribution in [0.25, 0.3) is 32.8 Å². The zero-order chi connectivity index (χ0) is 24.0. The van der Waals surface area contributed by atoms with Gasteiger partial charge in [-0.15, -0.1) is 0 Å². The number of nitrogens with zero attached hydrogens (tertiary/aromatic N) is 1. The number of alkyl halides is 1. The highest BCUT2D eigenvalue weighted by Crippen LogP contribution is 2.45. The lowest BCUT2D eigenvalue weighted by atomic mass is 9.85. The lowest BCUT2D eigenvalue weighted by Gasteiger charge is -2.29. The van der Waals surface area contributed by atoms with Gasteiger partial charge in [-0.3, -0.25) is 4.98 Å². The van der Waals surface area contributed by atoms with Crippen LogP contribution in [-0.4, -0.2) is 34.9 Å². The van der Waals surface area contributed by atoms with Crippen LogP contribution >= 0.6 is 0 Å².